The molecule has 0 radical (unpaired) electrons. The van der Waals surface area contributed by atoms with Crippen LogP contribution in [0, 0.1) is 11.3 Å². The van der Waals surface area contributed by atoms with Gasteiger partial charge in [-0.25, -0.2) is 4.90 Å². The number of nitrogens with zero attached hydrogens (tertiary/aromatic N) is 1. The topological polar surface area (TPSA) is 189 Å². The van der Waals surface area contributed by atoms with Crippen molar-refractivity contribution in [2.75, 3.05) is 13.2 Å². The quantitative estimate of drug-likeness (QED) is 0.242. The zero-order valence-electron chi connectivity index (χ0n) is 18.4. The number of aliphatic carboxylic acids is 1. The lowest BCUT2D eigenvalue weighted by Crippen LogP contribution is -2.53. The summed E-state index contributed by atoms with van der Waals surface area (Å²) in [5.74, 6) is -4.10. The van der Waals surface area contributed by atoms with E-state index < -0.39 is 48.7 Å². The average molecular weight is 462 g/mol. The van der Waals surface area contributed by atoms with Crippen LogP contribution in [0.5, 0.6) is 5.75 Å². The molecular weight excluding hydrogens is 430 g/mol. The van der Waals surface area contributed by atoms with Gasteiger partial charge in [0.1, 0.15) is 5.75 Å². The van der Waals surface area contributed by atoms with Crippen molar-refractivity contribution < 1.29 is 29.0 Å². The number of nitrogens with one attached hydrogen (secondary N) is 2. The molecule has 33 heavy (non-hydrogen) atoms. The third-order valence-corrected chi connectivity index (χ3v) is 5.37. The first-order valence-corrected chi connectivity index (χ1v) is 10.9. The molecule has 1 aromatic carbocycles. The van der Waals surface area contributed by atoms with E-state index in [4.69, 9.17) is 26.7 Å². The minimum atomic E-state index is -1.51. The Morgan fingerprint density at radius 3 is 2.36 bits per heavy atom. The standard InChI is InChI=1S/C22H31N5O6/c23-17(12-19(29)30)21(32)27(20(31)15-4-2-1-3-5-15)18(28)13-33-16-8-6-14(7-9-16)10-11-26-22(24)25/h6-9,15,17H,1-5,10-13,23H2,(H,29,30)(H4,24,25,26)/t17-/m0/s1. The Morgan fingerprint density at radius 1 is 1.15 bits per heavy atom. The van der Waals surface area contributed by atoms with Gasteiger partial charge >= 0.3 is 5.97 Å². The van der Waals surface area contributed by atoms with Crippen molar-refractivity contribution in [2.45, 2.75) is 51.0 Å². The summed E-state index contributed by atoms with van der Waals surface area (Å²) >= 11 is 0. The van der Waals surface area contributed by atoms with Gasteiger partial charge in [-0.1, -0.05) is 31.4 Å². The van der Waals surface area contributed by atoms with E-state index in [1.807, 2.05) is 0 Å². The van der Waals surface area contributed by atoms with Crippen LogP contribution in [0.15, 0.2) is 24.3 Å². The first-order valence-electron chi connectivity index (χ1n) is 10.9. The van der Waals surface area contributed by atoms with Gasteiger partial charge < -0.3 is 26.6 Å². The van der Waals surface area contributed by atoms with Crippen LogP contribution >= 0.6 is 0 Å². The first kappa shape index (κ1) is 25.8. The molecule has 11 heteroatoms. The lowest BCUT2D eigenvalue weighted by Gasteiger charge is -2.28. The molecular formula is C22H31N5O6. The van der Waals surface area contributed by atoms with Crippen molar-refractivity contribution >= 4 is 29.7 Å². The molecule has 1 saturated carbocycles. The predicted molar refractivity (Wildman–Crippen MR) is 119 cm³/mol. The number of rotatable bonds is 10. The van der Waals surface area contributed by atoms with E-state index in [0.29, 0.717) is 36.5 Å². The summed E-state index contributed by atoms with van der Waals surface area (Å²) < 4.78 is 5.47. The number of amides is 3. The number of carboxylic acids is 1. The maximum atomic E-state index is 13.0. The largest absolute Gasteiger partial charge is 0.484 e. The predicted octanol–water partition coefficient (Wildman–Crippen LogP) is 0.355. The second-order valence-corrected chi connectivity index (χ2v) is 7.97. The Hall–Kier alpha value is -3.47. The first-order chi connectivity index (χ1) is 15.7. The fraction of sp³-hybridized carbons (Fsp3) is 0.500. The van der Waals surface area contributed by atoms with Crippen molar-refractivity contribution in [1.82, 2.24) is 10.2 Å². The minimum Gasteiger partial charge on any atom is -0.484 e. The van der Waals surface area contributed by atoms with Gasteiger partial charge in [-0.05, 0) is 37.0 Å². The molecule has 0 unspecified atom stereocenters. The van der Waals surface area contributed by atoms with Crippen LogP contribution in [0.2, 0.25) is 0 Å². The van der Waals surface area contributed by atoms with Crippen LogP contribution in [0.4, 0.5) is 0 Å². The Labute approximate surface area is 191 Å². The number of hydrogen-bond donors (Lipinski definition) is 5. The average Bonchev–Trinajstić information content (AvgIpc) is 2.78. The molecule has 1 aliphatic rings. The maximum absolute atomic E-state index is 13.0. The summed E-state index contributed by atoms with van der Waals surface area (Å²) in [4.78, 5) is 49.9. The Morgan fingerprint density at radius 2 is 1.79 bits per heavy atom. The highest BCUT2D eigenvalue weighted by molar-refractivity contribution is 6.13. The molecule has 1 aromatic rings. The molecule has 11 nitrogen and oxygen atoms in total. The molecule has 1 atom stereocenters. The number of guanidine groups is 1. The van der Waals surface area contributed by atoms with Crippen LogP contribution in [-0.4, -0.2) is 58.9 Å². The van der Waals surface area contributed by atoms with E-state index in [2.05, 4.69) is 5.32 Å². The molecule has 0 aromatic heterocycles. The highest BCUT2D eigenvalue weighted by atomic mass is 16.5. The van der Waals surface area contributed by atoms with Gasteiger partial charge in [0.15, 0.2) is 12.6 Å². The lowest BCUT2D eigenvalue weighted by molar-refractivity contribution is -0.159. The van der Waals surface area contributed by atoms with E-state index in [-0.39, 0.29) is 5.96 Å². The Kier molecular flexibility index (Phi) is 9.80. The van der Waals surface area contributed by atoms with Gasteiger partial charge in [-0.3, -0.25) is 24.6 Å². The zero-order valence-corrected chi connectivity index (χ0v) is 18.4. The van der Waals surface area contributed by atoms with Gasteiger partial charge in [-0.15, -0.1) is 0 Å². The second kappa shape index (κ2) is 12.5. The Balaban J connectivity index is 2.04. The van der Waals surface area contributed by atoms with Gasteiger partial charge in [0.2, 0.25) is 5.91 Å². The third kappa shape index (κ3) is 8.19. The molecule has 2 rings (SSSR count). The molecule has 0 spiro atoms. The fourth-order valence-corrected chi connectivity index (χ4v) is 3.63. The number of carbonyl (C=O) groups excluding carboxylic acids is 3. The van der Waals surface area contributed by atoms with Crippen LogP contribution in [0.25, 0.3) is 0 Å². The number of carbonyl (C=O) groups is 4. The van der Waals surface area contributed by atoms with Crippen LogP contribution in [0.1, 0.15) is 44.1 Å². The van der Waals surface area contributed by atoms with Gasteiger partial charge in [-0.2, -0.15) is 0 Å². The summed E-state index contributed by atoms with van der Waals surface area (Å²) in [6.07, 6.45) is 3.67. The molecule has 0 aliphatic heterocycles. The van der Waals surface area contributed by atoms with Crippen LogP contribution < -0.4 is 21.5 Å². The van der Waals surface area contributed by atoms with Crippen molar-refractivity contribution in [2.24, 2.45) is 17.4 Å². The molecule has 3 amide bonds. The number of nitrogens with two attached hydrogens (primary N) is 2. The lowest BCUT2D eigenvalue weighted by atomic mass is 9.88. The van der Waals surface area contributed by atoms with Crippen LogP contribution in [-0.2, 0) is 25.6 Å². The van der Waals surface area contributed by atoms with Gasteiger partial charge in [0, 0.05) is 12.5 Å². The molecule has 1 aliphatic carbocycles. The van der Waals surface area contributed by atoms with Gasteiger partial charge in [0.25, 0.3) is 11.8 Å². The van der Waals surface area contributed by atoms with Crippen molar-refractivity contribution in [3.05, 3.63) is 29.8 Å². The smallest absolute Gasteiger partial charge is 0.305 e. The van der Waals surface area contributed by atoms with Gasteiger partial charge in [0.05, 0.1) is 12.5 Å². The minimum absolute atomic E-state index is 0.113. The number of imide groups is 3. The summed E-state index contributed by atoms with van der Waals surface area (Å²) in [5, 5.41) is 18.8. The van der Waals surface area contributed by atoms with E-state index in [1.54, 1.807) is 24.3 Å². The van der Waals surface area contributed by atoms with Crippen LogP contribution in [0.3, 0.4) is 0 Å². The highest BCUT2D eigenvalue weighted by Gasteiger charge is 2.37. The molecule has 1 fully saturated rings. The van der Waals surface area contributed by atoms with E-state index in [1.165, 1.54) is 0 Å². The summed E-state index contributed by atoms with van der Waals surface area (Å²) in [7, 11) is 0. The van der Waals surface area contributed by atoms with Crippen molar-refractivity contribution in [3.8, 4) is 5.75 Å². The van der Waals surface area contributed by atoms with E-state index in [0.717, 1.165) is 24.8 Å². The number of benzene rings is 1. The summed E-state index contributed by atoms with van der Waals surface area (Å²) in [6, 6.07) is 5.33. The molecule has 0 bridgehead atoms. The highest BCUT2D eigenvalue weighted by Crippen LogP contribution is 2.26. The van der Waals surface area contributed by atoms with E-state index in [9.17, 15) is 19.2 Å². The number of ether oxygens (including phenoxy) is 1. The molecule has 180 valence electrons. The van der Waals surface area contributed by atoms with Crippen molar-refractivity contribution in [1.29, 1.82) is 5.41 Å². The fourth-order valence-electron chi connectivity index (χ4n) is 3.63. The Bertz CT molecular complexity index is 867. The number of hydrogen-bond acceptors (Lipinski definition) is 7. The molecule has 7 N–H and O–H groups in total. The summed E-state index contributed by atoms with van der Waals surface area (Å²) in [5.41, 5.74) is 11.9. The number of carboxylic acid groups (broad SMARTS) is 1. The SMILES string of the molecule is N=C(N)NCCc1ccc(OCC(=O)N(C(=O)C2CCCCC2)C(=O)[C@@H](N)CC(=O)O)cc1. The maximum Gasteiger partial charge on any atom is 0.305 e. The molecule has 0 heterocycles. The summed E-state index contributed by atoms with van der Waals surface area (Å²) in [6.45, 7) is -0.0831. The van der Waals surface area contributed by atoms with Crippen molar-refractivity contribution in [3.63, 3.8) is 0 Å². The monoisotopic (exact) mass is 461 g/mol. The zero-order chi connectivity index (χ0) is 24.4. The molecule has 0 saturated heterocycles. The third-order valence-electron chi connectivity index (χ3n) is 5.37. The normalized spacial score (nSPS) is 14.7. The second-order valence-electron chi connectivity index (χ2n) is 7.97. The van der Waals surface area contributed by atoms with E-state index >= 15 is 0 Å².